The zero-order chi connectivity index (χ0) is 17.2. The van der Waals surface area contributed by atoms with Crippen LogP contribution in [0.1, 0.15) is 30.0 Å². The molecule has 0 aliphatic heterocycles. The summed E-state index contributed by atoms with van der Waals surface area (Å²) < 4.78 is 6.83. The molecular weight excluding hydrogens is 306 g/mol. The highest BCUT2D eigenvalue weighted by atomic mass is 16.5. The molecule has 1 aromatic heterocycles. The van der Waals surface area contributed by atoms with E-state index in [0.717, 1.165) is 23.1 Å². The molecular formula is C18H21N3O3. The number of nitrogens with zero attached hydrogens (tertiary/aromatic N) is 2. The molecule has 1 aromatic carbocycles. The maximum Gasteiger partial charge on any atom is 0.336 e. The van der Waals surface area contributed by atoms with Gasteiger partial charge in [-0.2, -0.15) is 5.10 Å². The minimum Gasteiger partial charge on any atom is -0.464 e. The van der Waals surface area contributed by atoms with Gasteiger partial charge in [-0.3, -0.25) is 9.48 Å². The van der Waals surface area contributed by atoms with Crippen molar-refractivity contribution in [3.05, 3.63) is 53.3 Å². The normalized spacial score (nSPS) is 18.9. The van der Waals surface area contributed by atoms with Crippen LogP contribution in [0, 0.1) is 6.92 Å². The zero-order valence-electron chi connectivity index (χ0n) is 13.9. The Hall–Kier alpha value is -2.63. The molecule has 0 saturated heterocycles. The van der Waals surface area contributed by atoms with Crippen molar-refractivity contribution in [1.82, 2.24) is 15.1 Å². The van der Waals surface area contributed by atoms with E-state index in [1.165, 1.54) is 0 Å². The summed E-state index contributed by atoms with van der Waals surface area (Å²) in [5.74, 6) is -0.664. The number of hydrogen-bond acceptors (Lipinski definition) is 4. The standard InChI is InChI=1S/C18H21N3O3/c1-3-24-17(23)18(9-8-14-6-4-5-7-15(14)18)20-16(22)12-21-11-13(2)10-19-21/h4-7,10-11H,3,8-9,12H2,1-2H3,(H,20,22)/t18-/m1/s1. The molecule has 0 fully saturated rings. The monoisotopic (exact) mass is 327 g/mol. The summed E-state index contributed by atoms with van der Waals surface area (Å²) in [5, 5.41) is 7.03. The van der Waals surface area contributed by atoms with Gasteiger partial charge in [0.25, 0.3) is 0 Å². The van der Waals surface area contributed by atoms with E-state index in [1.807, 2.05) is 31.2 Å². The van der Waals surface area contributed by atoms with Crippen molar-refractivity contribution in [2.45, 2.75) is 38.8 Å². The minimum atomic E-state index is -1.11. The van der Waals surface area contributed by atoms with Crippen molar-refractivity contribution >= 4 is 11.9 Å². The number of benzene rings is 1. The molecule has 2 aromatic rings. The molecule has 126 valence electrons. The van der Waals surface area contributed by atoms with Crippen LogP contribution >= 0.6 is 0 Å². The number of fused-ring (bicyclic) bond motifs is 1. The Kier molecular flexibility index (Phi) is 4.38. The van der Waals surface area contributed by atoms with Gasteiger partial charge >= 0.3 is 5.97 Å². The third-order valence-corrected chi connectivity index (χ3v) is 4.29. The Morgan fingerprint density at radius 2 is 2.17 bits per heavy atom. The van der Waals surface area contributed by atoms with Crippen LogP contribution < -0.4 is 5.32 Å². The summed E-state index contributed by atoms with van der Waals surface area (Å²) in [6, 6.07) is 7.69. The Morgan fingerprint density at radius 1 is 1.38 bits per heavy atom. The second-order valence-corrected chi connectivity index (χ2v) is 6.05. The van der Waals surface area contributed by atoms with Crippen molar-refractivity contribution < 1.29 is 14.3 Å². The molecule has 0 bridgehead atoms. The molecule has 6 heteroatoms. The summed E-state index contributed by atoms with van der Waals surface area (Å²) in [4.78, 5) is 25.2. The molecule has 0 radical (unpaired) electrons. The average Bonchev–Trinajstić information content (AvgIpc) is 3.13. The summed E-state index contributed by atoms with van der Waals surface area (Å²) in [6.07, 6.45) is 4.73. The minimum absolute atomic E-state index is 0.0666. The topological polar surface area (TPSA) is 73.2 Å². The van der Waals surface area contributed by atoms with E-state index in [2.05, 4.69) is 10.4 Å². The fourth-order valence-electron chi connectivity index (χ4n) is 3.24. The van der Waals surface area contributed by atoms with E-state index >= 15 is 0 Å². The highest BCUT2D eigenvalue weighted by molar-refractivity contribution is 5.90. The second-order valence-electron chi connectivity index (χ2n) is 6.05. The first-order valence-electron chi connectivity index (χ1n) is 8.11. The smallest absolute Gasteiger partial charge is 0.336 e. The highest BCUT2D eigenvalue weighted by Crippen LogP contribution is 2.38. The summed E-state index contributed by atoms with van der Waals surface area (Å²) in [5.41, 5.74) is 1.77. The lowest BCUT2D eigenvalue weighted by Gasteiger charge is -2.29. The molecule has 1 atom stereocenters. The van der Waals surface area contributed by atoms with Crippen LogP contribution in [0.15, 0.2) is 36.7 Å². The first kappa shape index (κ1) is 16.2. The Labute approximate surface area is 140 Å². The van der Waals surface area contributed by atoms with Gasteiger partial charge in [0.2, 0.25) is 5.91 Å². The molecule has 1 aliphatic rings. The molecule has 0 spiro atoms. The van der Waals surface area contributed by atoms with E-state index in [1.54, 1.807) is 24.0 Å². The fourth-order valence-corrected chi connectivity index (χ4v) is 3.24. The van der Waals surface area contributed by atoms with Gasteiger partial charge in [0.05, 0.1) is 12.8 Å². The van der Waals surface area contributed by atoms with E-state index in [9.17, 15) is 9.59 Å². The first-order valence-corrected chi connectivity index (χ1v) is 8.11. The lowest BCUT2D eigenvalue weighted by Crippen LogP contribution is -2.52. The zero-order valence-corrected chi connectivity index (χ0v) is 13.9. The molecule has 24 heavy (non-hydrogen) atoms. The summed E-state index contributed by atoms with van der Waals surface area (Å²) in [6.45, 7) is 4.02. The number of esters is 1. The Bertz CT molecular complexity index is 768. The van der Waals surface area contributed by atoms with E-state index in [4.69, 9.17) is 4.74 Å². The van der Waals surface area contributed by atoms with Crippen molar-refractivity contribution in [2.75, 3.05) is 6.61 Å². The second kappa shape index (κ2) is 6.47. The lowest BCUT2D eigenvalue weighted by atomic mass is 9.91. The lowest BCUT2D eigenvalue weighted by molar-refractivity contribution is -0.154. The van der Waals surface area contributed by atoms with E-state index < -0.39 is 11.5 Å². The molecule has 1 aliphatic carbocycles. The number of carbonyl (C=O) groups is 2. The number of ether oxygens (including phenoxy) is 1. The van der Waals surface area contributed by atoms with Crippen molar-refractivity contribution in [1.29, 1.82) is 0 Å². The van der Waals surface area contributed by atoms with Crippen molar-refractivity contribution in [3.8, 4) is 0 Å². The first-order chi connectivity index (χ1) is 11.5. The number of aryl methyl sites for hydroxylation is 2. The van der Waals surface area contributed by atoms with Gasteiger partial charge in [-0.05, 0) is 43.4 Å². The van der Waals surface area contributed by atoms with Gasteiger partial charge in [-0.25, -0.2) is 4.79 Å². The van der Waals surface area contributed by atoms with Crippen LogP contribution in [-0.2, 0) is 32.8 Å². The average molecular weight is 327 g/mol. The largest absolute Gasteiger partial charge is 0.464 e. The van der Waals surface area contributed by atoms with Gasteiger partial charge < -0.3 is 10.1 Å². The number of aromatic nitrogens is 2. The maximum absolute atomic E-state index is 12.7. The third-order valence-electron chi connectivity index (χ3n) is 4.29. The highest BCUT2D eigenvalue weighted by Gasteiger charge is 2.47. The number of amides is 1. The molecule has 6 nitrogen and oxygen atoms in total. The van der Waals surface area contributed by atoms with E-state index in [-0.39, 0.29) is 19.1 Å². The number of carbonyl (C=O) groups excluding carboxylic acids is 2. The van der Waals surface area contributed by atoms with Crippen LogP contribution in [0.2, 0.25) is 0 Å². The van der Waals surface area contributed by atoms with Crippen LogP contribution in [0.25, 0.3) is 0 Å². The van der Waals surface area contributed by atoms with Crippen molar-refractivity contribution in [2.24, 2.45) is 0 Å². The molecule has 1 heterocycles. The van der Waals surface area contributed by atoms with Gasteiger partial charge in [-0.15, -0.1) is 0 Å². The molecule has 1 N–H and O–H groups in total. The van der Waals surface area contributed by atoms with Crippen LogP contribution in [0.3, 0.4) is 0 Å². The fraction of sp³-hybridized carbons (Fsp3) is 0.389. The third kappa shape index (κ3) is 2.91. The molecule has 0 saturated carbocycles. The van der Waals surface area contributed by atoms with Gasteiger partial charge in [0.15, 0.2) is 5.54 Å². The van der Waals surface area contributed by atoms with Crippen LogP contribution in [0.4, 0.5) is 0 Å². The van der Waals surface area contributed by atoms with Crippen molar-refractivity contribution in [3.63, 3.8) is 0 Å². The number of hydrogen-bond donors (Lipinski definition) is 1. The van der Waals surface area contributed by atoms with Crippen LogP contribution in [0.5, 0.6) is 0 Å². The Morgan fingerprint density at radius 3 is 2.88 bits per heavy atom. The Balaban J connectivity index is 1.87. The van der Waals surface area contributed by atoms with Gasteiger partial charge in [-0.1, -0.05) is 24.3 Å². The molecule has 0 unspecified atom stereocenters. The summed E-state index contributed by atoms with van der Waals surface area (Å²) in [7, 11) is 0. The molecule has 3 rings (SSSR count). The maximum atomic E-state index is 12.7. The number of nitrogens with one attached hydrogen (secondary N) is 1. The predicted octanol–water partition coefficient (Wildman–Crippen LogP) is 1.71. The SMILES string of the molecule is CCOC(=O)[C@@]1(NC(=O)Cn2cc(C)cn2)CCc2ccccc21. The summed E-state index contributed by atoms with van der Waals surface area (Å²) >= 11 is 0. The van der Waals surface area contributed by atoms with Gasteiger partial charge in [0, 0.05) is 6.20 Å². The number of rotatable bonds is 5. The van der Waals surface area contributed by atoms with E-state index in [0.29, 0.717) is 6.42 Å². The predicted molar refractivity (Wildman–Crippen MR) is 88.2 cm³/mol. The van der Waals surface area contributed by atoms with Crippen LogP contribution in [-0.4, -0.2) is 28.3 Å². The van der Waals surface area contributed by atoms with Gasteiger partial charge in [0.1, 0.15) is 6.54 Å². The quantitative estimate of drug-likeness (QED) is 0.849. The molecule has 1 amide bonds.